The van der Waals surface area contributed by atoms with E-state index in [0.717, 1.165) is 38.3 Å². The first kappa shape index (κ1) is 14.7. The van der Waals surface area contributed by atoms with Crippen LogP contribution in [0.3, 0.4) is 0 Å². The molecule has 1 aliphatic heterocycles. The molecule has 0 aliphatic carbocycles. The SMILES string of the molecule is NCCN1CCN(c2nnc(-c3ccccc3)c(=O)[nH]2)CC1. The summed E-state index contributed by atoms with van der Waals surface area (Å²) >= 11 is 0. The molecule has 0 atom stereocenters. The van der Waals surface area contributed by atoms with Crippen molar-refractivity contribution in [2.45, 2.75) is 0 Å². The maximum atomic E-state index is 12.2. The number of nitrogens with zero attached hydrogens (tertiary/aromatic N) is 4. The van der Waals surface area contributed by atoms with Gasteiger partial charge in [-0.15, -0.1) is 10.2 Å². The third kappa shape index (κ3) is 3.15. The van der Waals surface area contributed by atoms with E-state index in [0.29, 0.717) is 18.2 Å². The van der Waals surface area contributed by atoms with Gasteiger partial charge in [0.2, 0.25) is 5.95 Å². The Bertz CT molecular complexity index is 663. The minimum absolute atomic E-state index is 0.208. The summed E-state index contributed by atoms with van der Waals surface area (Å²) in [6.07, 6.45) is 0. The van der Waals surface area contributed by atoms with Crippen LogP contribution in [0.2, 0.25) is 0 Å². The summed E-state index contributed by atoms with van der Waals surface area (Å²) in [6, 6.07) is 9.36. The topological polar surface area (TPSA) is 91.1 Å². The number of aromatic amines is 1. The highest BCUT2D eigenvalue weighted by atomic mass is 16.1. The van der Waals surface area contributed by atoms with Gasteiger partial charge in [0.15, 0.2) is 5.69 Å². The molecule has 0 amide bonds. The molecule has 0 spiro atoms. The number of H-pyrrole nitrogens is 1. The Labute approximate surface area is 128 Å². The zero-order chi connectivity index (χ0) is 15.4. The lowest BCUT2D eigenvalue weighted by Crippen LogP contribution is -2.48. The minimum atomic E-state index is -0.208. The lowest BCUT2D eigenvalue weighted by atomic mass is 10.2. The second-order valence-corrected chi connectivity index (χ2v) is 5.31. The van der Waals surface area contributed by atoms with Crippen LogP contribution in [-0.4, -0.2) is 59.3 Å². The van der Waals surface area contributed by atoms with Crippen LogP contribution in [0.15, 0.2) is 35.1 Å². The van der Waals surface area contributed by atoms with Gasteiger partial charge in [-0.25, -0.2) is 0 Å². The number of nitrogens with one attached hydrogen (secondary N) is 1. The summed E-state index contributed by atoms with van der Waals surface area (Å²) < 4.78 is 0. The standard InChI is InChI=1S/C15H20N6O/c16-6-7-20-8-10-21(11-9-20)15-17-14(22)13(18-19-15)12-4-2-1-3-5-12/h1-5H,6-11,16H2,(H,17,19,22). The van der Waals surface area contributed by atoms with Gasteiger partial charge in [-0.2, -0.15) is 0 Å². The van der Waals surface area contributed by atoms with Crippen LogP contribution in [0.25, 0.3) is 11.3 Å². The van der Waals surface area contributed by atoms with Crippen molar-refractivity contribution in [3.05, 3.63) is 40.7 Å². The molecular weight excluding hydrogens is 280 g/mol. The monoisotopic (exact) mass is 300 g/mol. The van der Waals surface area contributed by atoms with E-state index in [9.17, 15) is 4.79 Å². The summed E-state index contributed by atoms with van der Waals surface area (Å²) in [7, 11) is 0. The Morgan fingerprint density at radius 3 is 2.45 bits per heavy atom. The van der Waals surface area contributed by atoms with E-state index >= 15 is 0 Å². The lowest BCUT2D eigenvalue weighted by molar-refractivity contribution is 0.263. The second kappa shape index (κ2) is 6.67. The molecule has 0 radical (unpaired) electrons. The highest BCUT2D eigenvalue weighted by molar-refractivity contribution is 5.57. The molecule has 2 aromatic rings. The second-order valence-electron chi connectivity index (χ2n) is 5.31. The van der Waals surface area contributed by atoms with Crippen molar-refractivity contribution >= 4 is 5.95 Å². The molecule has 1 aromatic carbocycles. The minimum Gasteiger partial charge on any atom is -0.338 e. The van der Waals surface area contributed by atoms with Gasteiger partial charge in [-0.3, -0.25) is 14.7 Å². The van der Waals surface area contributed by atoms with Crippen molar-refractivity contribution in [1.29, 1.82) is 0 Å². The average Bonchev–Trinajstić information content (AvgIpc) is 2.56. The molecule has 7 nitrogen and oxygen atoms in total. The predicted octanol–water partition coefficient (Wildman–Crippen LogP) is -0.0874. The maximum Gasteiger partial charge on any atom is 0.279 e. The van der Waals surface area contributed by atoms with Crippen molar-refractivity contribution < 1.29 is 0 Å². The quantitative estimate of drug-likeness (QED) is 0.820. The van der Waals surface area contributed by atoms with Gasteiger partial charge in [-0.1, -0.05) is 30.3 Å². The molecule has 1 aromatic heterocycles. The first-order valence-electron chi connectivity index (χ1n) is 7.48. The molecule has 7 heteroatoms. The smallest absolute Gasteiger partial charge is 0.279 e. The van der Waals surface area contributed by atoms with Gasteiger partial charge < -0.3 is 10.6 Å². The predicted molar refractivity (Wildman–Crippen MR) is 85.8 cm³/mol. The zero-order valence-electron chi connectivity index (χ0n) is 12.4. The third-order valence-corrected chi connectivity index (χ3v) is 3.85. The number of hydrogen-bond acceptors (Lipinski definition) is 6. The summed E-state index contributed by atoms with van der Waals surface area (Å²) in [5, 5.41) is 8.30. The van der Waals surface area contributed by atoms with Gasteiger partial charge in [-0.05, 0) is 0 Å². The molecule has 2 heterocycles. The summed E-state index contributed by atoms with van der Waals surface area (Å²) in [4.78, 5) is 19.4. The van der Waals surface area contributed by atoms with E-state index in [2.05, 4.69) is 25.0 Å². The molecule has 3 rings (SSSR count). The molecule has 22 heavy (non-hydrogen) atoms. The van der Waals surface area contributed by atoms with Crippen LogP contribution in [-0.2, 0) is 0 Å². The van der Waals surface area contributed by atoms with Gasteiger partial charge >= 0.3 is 0 Å². The Kier molecular flexibility index (Phi) is 4.45. The molecule has 1 aliphatic rings. The number of aromatic nitrogens is 3. The lowest BCUT2D eigenvalue weighted by Gasteiger charge is -2.34. The Morgan fingerprint density at radius 2 is 1.82 bits per heavy atom. The van der Waals surface area contributed by atoms with Gasteiger partial charge in [0.05, 0.1) is 0 Å². The number of benzene rings is 1. The molecule has 116 valence electrons. The normalized spacial score (nSPS) is 16.0. The van der Waals surface area contributed by atoms with Crippen LogP contribution >= 0.6 is 0 Å². The van der Waals surface area contributed by atoms with E-state index in [-0.39, 0.29) is 5.56 Å². The highest BCUT2D eigenvalue weighted by Gasteiger charge is 2.19. The van der Waals surface area contributed by atoms with Crippen molar-refractivity contribution in [1.82, 2.24) is 20.1 Å². The molecular formula is C15H20N6O. The molecule has 1 saturated heterocycles. The first-order chi connectivity index (χ1) is 10.8. The van der Waals surface area contributed by atoms with Crippen molar-refractivity contribution in [2.75, 3.05) is 44.2 Å². The largest absolute Gasteiger partial charge is 0.338 e. The fourth-order valence-electron chi connectivity index (χ4n) is 2.62. The Hall–Kier alpha value is -2.25. The van der Waals surface area contributed by atoms with E-state index in [1.54, 1.807) is 0 Å². The summed E-state index contributed by atoms with van der Waals surface area (Å²) in [6.45, 7) is 5.04. The molecule has 0 unspecified atom stereocenters. The summed E-state index contributed by atoms with van der Waals surface area (Å²) in [5.74, 6) is 0.539. The van der Waals surface area contributed by atoms with Crippen LogP contribution in [0.4, 0.5) is 5.95 Å². The van der Waals surface area contributed by atoms with E-state index < -0.39 is 0 Å². The van der Waals surface area contributed by atoms with Crippen molar-refractivity contribution in [3.8, 4) is 11.3 Å². The maximum absolute atomic E-state index is 12.2. The number of rotatable bonds is 4. The van der Waals surface area contributed by atoms with E-state index in [1.807, 2.05) is 30.3 Å². The highest BCUT2D eigenvalue weighted by Crippen LogP contribution is 2.13. The van der Waals surface area contributed by atoms with E-state index in [1.165, 1.54) is 0 Å². The molecule has 0 saturated carbocycles. The van der Waals surface area contributed by atoms with Gasteiger partial charge in [0, 0.05) is 44.8 Å². The first-order valence-corrected chi connectivity index (χ1v) is 7.48. The summed E-state index contributed by atoms with van der Waals surface area (Å²) in [5.41, 5.74) is 6.49. The van der Waals surface area contributed by atoms with Crippen LogP contribution in [0, 0.1) is 0 Å². The third-order valence-electron chi connectivity index (χ3n) is 3.85. The number of hydrogen-bond donors (Lipinski definition) is 2. The number of nitrogens with two attached hydrogens (primary N) is 1. The van der Waals surface area contributed by atoms with E-state index in [4.69, 9.17) is 5.73 Å². The van der Waals surface area contributed by atoms with Crippen LogP contribution in [0.5, 0.6) is 0 Å². The average molecular weight is 300 g/mol. The van der Waals surface area contributed by atoms with Crippen molar-refractivity contribution in [3.63, 3.8) is 0 Å². The number of piperazine rings is 1. The Morgan fingerprint density at radius 1 is 1.09 bits per heavy atom. The van der Waals surface area contributed by atoms with Gasteiger partial charge in [0.25, 0.3) is 5.56 Å². The Balaban J connectivity index is 1.75. The van der Waals surface area contributed by atoms with Crippen LogP contribution in [0.1, 0.15) is 0 Å². The number of anilines is 1. The van der Waals surface area contributed by atoms with Gasteiger partial charge in [0.1, 0.15) is 0 Å². The molecule has 3 N–H and O–H groups in total. The van der Waals surface area contributed by atoms with Crippen molar-refractivity contribution in [2.24, 2.45) is 5.73 Å². The fourth-order valence-corrected chi connectivity index (χ4v) is 2.62. The molecule has 1 fully saturated rings. The zero-order valence-corrected chi connectivity index (χ0v) is 12.4. The fraction of sp³-hybridized carbons (Fsp3) is 0.400. The molecule has 0 bridgehead atoms. The van der Waals surface area contributed by atoms with Crippen LogP contribution < -0.4 is 16.2 Å².